The normalized spacial score (nSPS) is 14.9. The number of primary sulfonamides is 1. The van der Waals surface area contributed by atoms with Gasteiger partial charge in [-0.2, -0.15) is 0 Å². The Hall–Kier alpha value is -1.64. The van der Waals surface area contributed by atoms with Crippen molar-refractivity contribution in [2.24, 2.45) is 10.3 Å². The molecule has 0 aromatic heterocycles. The zero-order chi connectivity index (χ0) is 20.8. The van der Waals surface area contributed by atoms with E-state index in [1.165, 1.54) is 6.26 Å². The molecule has 14 heteroatoms. The third-order valence-electron chi connectivity index (χ3n) is 3.30. The van der Waals surface area contributed by atoms with Crippen molar-refractivity contribution in [2.45, 2.75) is 35.5 Å². The van der Waals surface area contributed by atoms with Crippen LogP contribution < -0.4 is 15.6 Å². The van der Waals surface area contributed by atoms with Crippen LogP contribution in [0.25, 0.3) is 0 Å². The van der Waals surface area contributed by atoms with Crippen molar-refractivity contribution < 1.29 is 27.7 Å². The number of carbonyl (C=O) groups is 1. The van der Waals surface area contributed by atoms with E-state index in [0.717, 1.165) is 12.1 Å². The molecule has 1 amide bonds. The summed E-state index contributed by atoms with van der Waals surface area (Å²) in [6.45, 7) is -0.0528. The van der Waals surface area contributed by atoms with Gasteiger partial charge in [0.25, 0.3) is 5.09 Å². The molecular formula is C13H21ClN4O7S2. The Bertz CT molecular complexity index is 812. The average Bonchev–Trinajstić information content (AvgIpc) is 2.47. The molecule has 154 valence electrons. The second-order valence-electron chi connectivity index (χ2n) is 5.68. The number of unbranched alkanes of at least 4 members (excludes halogenated alkanes) is 2. The molecule has 0 heterocycles. The molecule has 27 heavy (non-hydrogen) atoms. The van der Waals surface area contributed by atoms with Gasteiger partial charge in [-0.3, -0.25) is 9.93 Å². The molecule has 11 nitrogen and oxygen atoms in total. The van der Waals surface area contributed by atoms with Crippen LogP contribution in [0, 0.1) is 10.1 Å². The van der Waals surface area contributed by atoms with E-state index in [-0.39, 0.29) is 28.6 Å². The summed E-state index contributed by atoms with van der Waals surface area (Å²) in [6.07, 6.45) is 2.76. The Morgan fingerprint density at radius 3 is 2.44 bits per heavy atom. The van der Waals surface area contributed by atoms with Gasteiger partial charge < -0.3 is 14.7 Å². The van der Waals surface area contributed by atoms with Gasteiger partial charge in [0.2, 0.25) is 15.9 Å². The van der Waals surface area contributed by atoms with Crippen molar-refractivity contribution in [1.82, 2.24) is 0 Å². The van der Waals surface area contributed by atoms with Crippen molar-refractivity contribution in [3.05, 3.63) is 27.3 Å². The molecule has 1 aromatic carbocycles. The van der Waals surface area contributed by atoms with Crippen molar-refractivity contribution in [3.63, 3.8) is 0 Å². The number of carbonyl (C=O) groups excluding carboxylic acids is 1. The van der Waals surface area contributed by atoms with Gasteiger partial charge in [-0.15, -0.1) is 10.1 Å². The Balaban J connectivity index is 2.83. The first-order valence-corrected chi connectivity index (χ1v) is 11.5. The van der Waals surface area contributed by atoms with Crippen molar-refractivity contribution in [3.8, 4) is 0 Å². The molecule has 0 radical (unpaired) electrons. The minimum absolute atomic E-state index is 0.00339. The molecule has 0 aliphatic carbocycles. The molecule has 0 fully saturated rings. The summed E-state index contributed by atoms with van der Waals surface area (Å²) in [5, 5.41) is 22.2. The van der Waals surface area contributed by atoms with E-state index in [9.17, 15) is 27.9 Å². The van der Waals surface area contributed by atoms with Gasteiger partial charge in [-0.05, 0) is 25.0 Å². The van der Waals surface area contributed by atoms with Crippen LogP contribution in [0.5, 0.6) is 0 Å². The number of sulfonamides is 1. The predicted molar refractivity (Wildman–Crippen MR) is 101 cm³/mol. The van der Waals surface area contributed by atoms with Crippen LogP contribution in [0.4, 0.5) is 5.69 Å². The van der Waals surface area contributed by atoms with E-state index in [1.807, 2.05) is 0 Å². The number of amides is 1. The largest absolute Gasteiger partial charge is 0.334 e. The molecule has 0 aliphatic rings. The number of nitrogens with one attached hydrogen (secondary N) is 1. The molecule has 0 bridgehead atoms. The maximum Gasteiger partial charge on any atom is 0.294 e. The SMILES string of the molecule is CS(N)(O)c1cc(S(N)(=O)=O)c(Cl)cc1NC(=O)CCCCCO[N+](=O)[O-]. The standard InChI is InChI=1S/C13H21ClN4O7S2/c1-26(15,22)12-8-11(27(16,23)24)9(14)7-10(12)17-13(19)5-3-2-4-6-25-18(20)21/h7-8,22H,2-6,15H2,1H3,(H,17,19)(H2,16,23,24). The third kappa shape index (κ3) is 7.86. The molecule has 0 spiro atoms. The highest BCUT2D eigenvalue weighted by Gasteiger charge is 2.23. The van der Waals surface area contributed by atoms with Crippen LogP contribution in [-0.4, -0.2) is 36.8 Å². The van der Waals surface area contributed by atoms with E-state index in [1.54, 1.807) is 0 Å². The minimum atomic E-state index is -4.15. The first-order chi connectivity index (χ1) is 12.3. The maximum absolute atomic E-state index is 12.1. The number of hydrogen-bond donors (Lipinski definition) is 4. The summed E-state index contributed by atoms with van der Waals surface area (Å²) in [5.74, 6) is -0.422. The van der Waals surface area contributed by atoms with Gasteiger partial charge in [-0.25, -0.2) is 13.6 Å². The van der Waals surface area contributed by atoms with Crippen molar-refractivity contribution in [2.75, 3.05) is 18.2 Å². The lowest BCUT2D eigenvalue weighted by molar-refractivity contribution is -0.757. The van der Waals surface area contributed by atoms with Crippen LogP contribution in [0.1, 0.15) is 25.7 Å². The van der Waals surface area contributed by atoms with Gasteiger partial charge in [0, 0.05) is 12.7 Å². The van der Waals surface area contributed by atoms with Crippen LogP contribution in [-0.2, 0) is 19.7 Å². The van der Waals surface area contributed by atoms with Gasteiger partial charge in [-0.1, -0.05) is 28.5 Å². The minimum Gasteiger partial charge on any atom is -0.334 e. The first-order valence-electron chi connectivity index (χ1n) is 7.54. The number of anilines is 1. The van der Waals surface area contributed by atoms with E-state index in [2.05, 4.69) is 10.2 Å². The van der Waals surface area contributed by atoms with Crippen LogP contribution >= 0.6 is 22.1 Å². The van der Waals surface area contributed by atoms with E-state index in [0.29, 0.717) is 19.3 Å². The number of nitrogens with zero attached hydrogens (tertiary/aromatic N) is 1. The number of halogens is 1. The second-order valence-corrected chi connectivity index (χ2v) is 9.93. The fourth-order valence-corrected chi connectivity index (χ4v) is 4.19. The fraction of sp³-hybridized carbons (Fsp3) is 0.462. The van der Waals surface area contributed by atoms with Crippen LogP contribution in [0.3, 0.4) is 0 Å². The van der Waals surface area contributed by atoms with Gasteiger partial charge in [0.15, 0.2) is 0 Å². The monoisotopic (exact) mass is 444 g/mol. The topological polar surface area (TPSA) is 188 Å². The molecule has 0 aliphatic heterocycles. The summed E-state index contributed by atoms with van der Waals surface area (Å²) < 4.78 is 33.3. The van der Waals surface area contributed by atoms with Crippen LogP contribution in [0.15, 0.2) is 21.9 Å². The number of hydrogen-bond acceptors (Lipinski definition) is 8. The highest BCUT2D eigenvalue weighted by molar-refractivity contribution is 8.26. The molecule has 1 rings (SSSR count). The highest BCUT2D eigenvalue weighted by atomic mass is 35.5. The third-order valence-corrected chi connectivity index (χ3v) is 5.91. The quantitative estimate of drug-likeness (QED) is 0.238. The Morgan fingerprint density at radius 2 is 1.93 bits per heavy atom. The zero-order valence-corrected chi connectivity index (χ0v) is 16.8. The number of nitrogens with two attached hydrogens (primary N) is 2. The Kier molecular flexibility index (Phi) is 8.25. The van der Waals surface area contributed by atoms with E-state index < -0.39 is 36.4 Å². The van der Waals surface area contributed by atoms with E-state index in [4.69, 9.17) is 21.9 Å². The molecule has 6 N–H and O–H groups in total. The van der Waals surface area contributed by atoms with Crippen molar-refractivity contribution in [1.29, 1.82) is 0 Å². The lowest BCUT2D eigenvalue weighted by atomic mass is 10.2. The molecule has 1 unspecified atom stereocenters. The number of benzene rings is 1. The Labute approximate surface area is 162 Å². The summed E-state index contributed by atoms with van der Waals surface area (Å²) in [4.78, 5) is 25.8. The molecule has 0 saturated carbocycles. The summed E-state index contributed by atoms with van der Waals surface area (Å²) in [6, 6.07) is 2.20. The summed E-state index contributed by atoms with van der Waals surface area (Å²) >= 11 is 5.91. The molecule has 1 atom stereocenters. The zero-order valence-electron chi connectivity index (χ0n) is 14.4. The van der Waals surface area contributed by atoms with Crippen molar-refractivity contribution >= 4 is 43.7 Å². The number of rotatable bonds is 10. The molecule has 1 aromatic rings. The molecular weight excluding hydrogens is 424 g/mol. The fourth-order valence-electron chi connectivity index (χ4n) is 2.11. The smallest absolute Gasteiger partial charge is 0.294 e. The summed E-state index contributed by atoms with van der Waals surface area (Å²) in [5.41, 5.74) is 0.0802. The van der Waals surface area contributed by atoms with Crippen LogP contribution in [0.2, 0.25) is 5.02 Å². The van der Waals surface area contributed by atoms with Gasteiger partial charge in [0.1, 0.15) is 4.90 Å². The lowest BCUT2D eigenvalue weighted by Gasteiger charge is -2.27. The molecule has 0 saturated heterocycles. The Morgan fingerprint density at radius 1 is 1.30 bits per heavy atom. The van der Waals surface area contributed by atoms with Gasteiger partial charge >= 0.3 is 0 Å². The van der Waals surface area contributed by atoms with E-state index >= 15 is 0 Å². The first kappa shape index (κ1) is 23.4. The van der Waals surface area contributed by atoms with Gasteiger partial charge in [0.05, 0.1) is 22.2 Å². The highest BCUT2D eigenvalue weighted by Crippen LogP contribution is 2.47. The summed E-state index contributed by atoms with van der Waals surface area (Å²) in [7, 11) is -7.04. The predicted octanol–water partition coefficient (Wildman–Crippen LogP) is 1.83. The lowest BCUT2D eigenvalue weighted by Crippen LogP contribution is -2.18. The maximum atomic E-state index is 12.1. The average molecular weight is 445 g/mol. The second kappa shape index (κ2) is 9.52.